The quantitative estimate of drug-likeness (QED) is 0.820. The Balaban J connectivity index is 1.59. The van der Waals surface area contributed by atoms with Gasteiger partial charge in [-0.1, -0.05) is 18.2 Å². The van der Waals surface area contributed by atoms with Gasteiger partial charge in [0.25, 0.3) is 0 Å². The van der Waals surface area contributed by atoms with E-state index >= 15 is 0 Å². The molecule has 1 fully saturated rings. The van der Waals surface area contributed by atoms with E-state index in [0.717, 1.165) is 38.1 Å². The average molecular weight is 305 g/mol. The van der Waals surface area contributed by atoms with Gasteiger partial charge in [-0.15, -0.1) is 0 Å². The number of nitrogens with one attached hydrogen (secondary N) is 1. The van der Waals surface area contributed by atoms with Gasteiger partial charge in [-0.05, 0) is 51.5 Å². The largest absolute Gasteiger partial charge is 0.494 e. The van der Waals surface area contributed by atoms with Crippen LogP contribution in [0.4, 0.5) is 4.79 Å². The Labute approximate surface area is 133 Å². The van der Waals surface area contributed by atoms with Crippen molar-refractivity contribution in [2.24, 2.45) is 0 Å². The minimum atomic E-state index is 0.0225. The lowest BCUT2D eigenvalue weighted by Crippen LogP contribution is -2.48. The molecular formula is C17H27N3O2. The van der Waals surface area contributed by atoms with E-state index in [1.807, 2.05) is 42.3 Å². The topological polar surface area (TPSA) is 44.8 Å². The van der Waals surface area contributed by atoms with Crippen LogP contribution in [0.15, 0.2) is 30.3 Å². The number of urea groups is 1. The molecule has 1 aromatic carbocycles. The van der Waals surface area contributed by atoms with E-state index in [-0.39, 0.29) is 6.03 Å². The molecule has 1 N–H and O–H groups in total. The van der Waals surface area contributed by atoms with E-state index in [1.54, 1.807) is 0 Å². The number of para-hydroxylation sites is 1. The van der Waals surface area contributed by atoms with Crippen LogP contribution in [-0.4, -0.2) is 62.2 Å². The highest BCUT2D eigenvalue weighted by molar-refractivity contribution is 5.74. The maximum atomic E-state index is 12.1. The number of rotatable bonds is 6. The number of ether oxygens (including phenoxy) is 1. The van der Waals surface area contributed by atoms with E-state index in [0.29, 0.717) is 19.2 Å². The zero-order chi connectivity index (χ0) is 15.8. The van der Waals surface area contributed by atoms with Gasteiger partial charge in [0.15, 0.2) is 0 Å². The fourth-order valence-corrected chi connectivity index (χ4v) is 2.65. The van der Waals surface area contributed by atoms with Crippen molar-refractivity contribution >= 4 is 6.03 Å². The molecule has 1 heterocycles. The van der Waals surface area contributed by atoms with Gasteiger partial charge < -0.3 is 19.9 Å². The van der Waals surface area contributed by atoms with Crippen LogP contribution in [0.3, 0.4) is 0 Å². The van der Waals surface area contributed by atoms with E-state index in [2.05, 4.69) is 17.3 Å². The fraction of sp³-hybridized carbons (Fsp3) is 0.588. The van der Waals surface area contributed by atoms with Crippen LogP contribution in [0.25, 0.3) is 0 Å². The van der Waals surface area contributed by atoms with Crippen molar-refractivity contribution in [1.82, 2.24) is 15.1 Å². The Morgan fingerprint density at radius 2 is 2.00 bits per heavy atom. The Kier molecular flexibility index (Phi) is 6.52. The number of benzene rings is 1. The zero-order valence-electron chi connectivity index (χ0n) is 13.6. The summed E-state index contributed by atoms with van der Waals surface area (Å²) in [4.78, 5) is 16.3. The van der Waals surface area contributed by atoms with E-state index in [9.17, 15) is 4.79 Å². The molecule has 122 valence electrons. The lowest BCUT2D eigenvalue weighted by Gasteiger charge is -2.35. The Morgan fingerprint density at radius 1 is 1.32 bits per heavy atom. The maximum absolute atomic E-state index is 12.1. The smallest absolute Gasteiger partial charge is 0.317 e. The van der Waals surface area contributed by atoms with Gasteiger partial charge in [0.05, 0.1) is 6.61 Å². The van der Waals surface area contributed by atoms with Crippen molar-refractivity contribution in [3.8, 4) is 5.75 Å². The Hall–Kier alpha value is -1.75. The summed E-state index contributed by atoms with van der Waals surface area (Å²) in [6.45, 7) is 3.38. The van der Waals surface area contributed by atoms with Gasteiger partial charge in [0, 0.05) is 19.6 Å². The third-order valence-electron chi connectivity index (χ3n) is 4.17. The van der Waals surface area contributed by atoms with Crippen molar-refractivity contribution in [1.29, 1.82) is 0 Å². The SMILES string of the molecule is CN1CCC(N(C)C(=O)NCCCOc2ccccc2)CC1. The molecule has 1 aliphatic rings. The molecule has 5 nitrogen and oxygen atoms in total. The molecule has 5 heteroatoms. The number of nitrogens with zero attached hydrogens (tertiary/aromatic N) is 2. The van der Waals surface area contributed by atoms with Crippen LogP contribution in [0.5, 0.6) is 5.75 Å². The third kappa shape index (κ3) is 5.22. The zero-order valence-corrected chi connectivity index (χ0v) is 13.6. The summed E-state index contributed by atoms with van der Waals surface area (Å²) < 4.78 is 5.61. The molecule has 0 saturated carbocycles. The molecular weight excluding hydrogens is 278 g/mol. The molecule has 1 aromatic rings. The number of carbonyl (C=O) groups is 1. The molecule has 2 rings (SSSR count). The number of amides is 2. The van der Waals surface area contributed by atoms with Crippen LogP contribution >= 0.6 is 0 Å². The molecule has 1 aliphatic heterocycles. The number of carbonyl (C=O) groups excluding carboxylic acids is 1. The first-order chi connectivity index (χ1) is 10.7. The maximum Gasteiger partial charge on any atom is 0.317 e. The van der Waals surface area contributed by atoms with Gasteiger partial charge in [-0.3, -0.25) is 0 Å². The van der Waals surface area contributed by atoms with E-state index < -0.39 is 0 Å². The molecule has 1 saturated heterocycles. The van der Waals surface area contributed by atoms with Gasteiger partial charge in [-0.25, -0.2) is 4.79 Å². The monoisotopic (exact) mass is 305 g/mol. The number of piperidine rings is 1. The predicted octanol–water partition coefficient (Wildman–Crippen LogP) is 2.19. The van der Waals surface area contributed by atoms with Crippen molar-refractivity contribution < 1.29 is 9.53 Å². The Bertz CT molecular complexity index is 444. The van der Waals surface area contributed by atoms with Crippen molar-refractivity contribution in [2.75, 3.05) is 40.3 Å². The first kappa shape index (κ1) is 16.6. The molecule has 0 aromatic heterocycles. The number of hydrogen-bond acceptors (Lipinski definition) is 3. The van der Waals surface area contributed by atoms with E-state index in [4.69, 9.17) is 4.74 Å². The third-order valence-corrected chi connectivity index (χ3v) is 4.17. The summed E-state index contributed by atoms with van der Waals surface area (Å²) in [7, 11) is 4.02. The lowest BCUT2D eigenvalue weighted by atomic mass is 10.0. The summed E-state index contributed by atoms with van der Waals surface area (Å²) in [5, 5.41) is 2.97. The molecule has 0 aliphatic carbocycles. The molecule has 0 unspecified atom stereocenters. The van der Waals surface area contributed by atoms with Gasteiger partial charge in [0.1, 0.15) is 5.75 Å². The van der Waals surface area contributed by atoms with Crippen LogP contribution in [0, 0.1) is 0 Å². The number of likely N-dealkylation sites (tertiary alicyclic amines) is 1. The predicted molar refractivity (Wildman–Crippen MR) is 88.2 cm³/mol. The summed E-state index contributed by atoms with van der Waals surface area (Å²) in [5.74, 6) is 0.872. The van der Waals surface area contributed by atoms with Gasteiger partial charge >= 0.3 is 6.03 Å². The summed E-state index contributed by atoms with van der Waals surface area (Å²) in [5.41, 5.74) is 0. The minimum Gasteiger partial charge on any atom is -0.494 e. The van der Waals surface area contributed by atoms with Crippen molar-refractivity contribution in [3.05, 3.63) is 30.3 Å². The molecule has 0 atom stereocenters. The minimum absolute atomic E-state index is 0.0225. The molecule has 0 bridgehead atoms. The highest BCUT2D eigenvalue weighted by Gasteiger charge is 2.23. The first-order valence-corrected chi connectivity index (χ1v) is 8.04. The van der Waals surface area contributed by atoms with Crippen molar-refractivity contribution in [3.63, 3.8) is 0 Å². The summed E-state index contributed by atoms with van der Waals surface area (Å²) in [6, 6.07) is 10.1. The lowest BCUT2D eigenvalue weighted by molar-refractivity contribution is 0.147. The average Bonchev–Trinajstić information content (AvgIpc) is 2.55. The number of hydrogen-bond donors (Lipinski definition) is 1. The fourth-order valence-electron chi connectivity index (χ4n) is 2.65. The normalized spacial score (nSPS) is 16.3. The second-order valence-electron chi connectivity index (χ2n) is 5.89. The van der Waals surface area contributed by atoms with Gasteiger partial charge in [0.2, 0.25) is 0 Å². The van der Waals surface area contributed by atoms with E-state index in [1.165, 1.54) is 0 Å². The highest BCUT2D eigenvalue weighted by Crippen LogP contribution is 2.14. The van der Waals surface area contributed by atoms with Crippen molar-refractivity contribution in [2.45, 2.75) is 25.3 Å². The standard InChI is InChI=1S/C17H27N3O2/c1-19-12-9-15(10-13-19)20(2)17(21)18-11-6-14-22-16-7-4-3-5-8-16/h3-5,7-8,15H,6,9-14H2,1-2H3,(H,18,21). The van der Waals surface area contributed by atoms with Crippen LogP contribution in [-0.2, 0) is 0 Å². The van der Waals surface area contributed by atoms with Crippen LogP contribution in [0.1, 0.15) is 19.3 Å². The Morgan fingerprint density at radius 3 is 2.68 bits per heavy atom. The summed E-state index contributed by atoms with van der Waals surface area (Å²) in [6.07, 6.45) is 2.91. The summed E-state index contributed by atoms with van der Waals surface area (Å²) >= 11 is 0. The van der Waals surface area contributed by atoms with Crippen LogP contribution < -0.4 is 10.1 Å². The second-order valence-corrected chi connectivity index (χ2v) is 5.89. The van der Waals surface area contributed by atoms with Gasteiger partial charge in [-0.2, -0.15) is 0 Å². The molecule has 0 radical (unpaired) electrons. The molecule has 2 amide bonds. The molecule has 22 heavy (non-hydrogen) atoms. The first-order valence-electron chi connectivity index (χ1n) is 8.04. The highest BCUT2D eigenvalue weighted by atomic mass is 16.5. The molecule has 0 spiro atoms. The van der Waals surface area contributed by atoms with Crippen LogP contribution in [0.2, 0.25) is 0 Å². The second kappa shape index (κ2) is 8.63.